The first-order chi connectivity index (χ1) is 11.1. The second kappa shape index (κ2) is 6.56. The van der Waals surface area contributed by atoms with Crippen molar-refractivity contribution < 1.29 is 10.9 Å². The van der Waals surface area contributed by atoms with Crippen molar-refractivity contribution in [3.63, 3.8) is 0 Å². The summed E-state index contributed by atoms with van der Waals surface area (Å²) in [5, 5.41) is 0. The van der Waals surface area contributed by atoms with Crippen LogP contribution < -0.4 is 0 Å². The summed E-state index contributed by atoms with van der Waals surface area (Å²) in [6.07, 6.45) is 1.66. The maximum Gasteiger partial charge on any atom is 0.330 e. The zero-order chi connectivity index (χ0) is 16.3. The summed E-state index contributed by atoms with van der Waals surface area (Å²) in [6, 6.07) is 17.8. The van der Waals surface area contributed by atoms with Gasteiger partial charge in [0.05, 0.1) is 14.2 Å². The predicted octanol–water partition coefficient (Wildman–Crippen LogP) is 3.48. The number of aliphatic imine (C=N–C) groups is 1. The molecule has 1 aliphatic rings. The second-order valence-electron chi connectivity index (χ2n) is 5.34. The number of esters is 1. The molecular weight excluding hydrogens is 274 g/mol. The summed E-state index contributed by atoms with van der Waals surface area (Å²) in [4.78, 5) is 16.8. The molecule has 3 heteroatoms. The number of carbonyl (C=O) groups excluding carboxylic acids is 1. The molecule has 0 spiro atoms. The van der Waals surface area contributed by atoms with Gasteiger partial charge < -0.3 is 4.74 Å². The van der Waals surface area contributed by atoms with Gasteiger partial charge in [0, 0.05) is 11.1 Å². The van der Waals surface area contributed by atoms with Crippen molar-refractivity contribution in [2.75, 3.05) is 7.11 Å². The van der Waals surface area contributed by atoms with Crippen LogP contribution in [0.5, 0.6) is 0 Å². The molecule has 0 radical (unpaired) electrons. The van der Waals surface area contributed by atoms with Crippen LogP contribution in [0.3, 0.4) is 0 Å². The van der Waals surface area contributed by atoms with E-state index in [4.69, 9.17) is 6.11 Å². The Morgan fingerprint density at radius 2 is 1.59 bits per heavy atom. The highest BCUT2D eigenvalue weighted by molar-refractivity contribution is 6.13. The molecule has 3 rings (SSSR count). The molecule has 1 atom stereocenters. The SMILES string of the molecule is [2H]C(N=C(c1ccccc1)c1ccccc1)(C(=O)OC)C1CC1. The summed E-state index contributed by atoms with van der Waals surface area (Å²) in [7, 11) is 1.31. The molecule has 1 fully saturated rings. The topological polar surface area (TPSA) is 38.7 Å². The minimum atomic E-state index is -1.57. The van der Waals surface area contributed by atoms with Crippen LogP contribution in [-0.4, -0.2) is 24.8 Å². The molecular formula is C19H19NO2. The third-order valence-corrected chi connectivity index (χ3v) is 3.69. The first-order valence-corrected chi connectivity index (χ1v) is 7.44. The van der Waals surface area contributed by atoms with Gasteiger partial charge in [-0.05, 0) is 18.8 Å². The van der Waals surface area contributed by atoms with Gasteiger partial charge >= 0.3 is 5.97 Å². The standard InChI is InChI=1S/C19H19NO2/c1-22-19(21)18(16-12-13-16)20-17(14-8-4-2-5-9-14)15-10-6-3-7-11-15/h2-11,16,18H,12-13H2,1H3/i18D. The van der Waals surface area contributed by atoms with Gasteiger partial charge in [0.2, 0.25) is 0 Å². The molecule has 2 aromatic rings. The summed E-state index contributed by atoms with van der Waals surface area (Å²) < 4.78 is 13.5. The van der Waals surface area contributed by atoms with Crippen LogP contribution in [-0.2, 0) is 9.53 Å². The number of nitrogens with zero attached hydrogens (tertiary/aromatic N) is 1. The lowest BCUT2D eigenvalue weighted by Crippen LogP contribution is -2.24. The van der Waals surface area contributed by atoms with E-state index >= 15 is 0 Å². The summed E-state index contributed by atoms with van der Waals surface area (Å²) in [5.41, 5.74) is 2.43. The number of benzene rings is 2. The second-order valence-corrected chi connectivity index (χ2v) is 5.34. The largest absolute Gasteiger partial charge is 0.467 e. The monoisotopic (exact) mass is 294 g/mol. The molecule has 112 valence electrons. The van der Waals surface area contributed by atoms with E-state index in [1.165, 1.54) is 7.11 Å². The quantitative estimate of drug-likeness (QED) is 0.625. The van der Waals surface area contributed by atoms with Crippen molar-refractivity contribution in [3.05, 3.63) is 71.8 Å². The fraction of sp³-hybridized carbons (Fsp3) is 0.263. The Morgan fingerprint density at radius 1 is 1.09 bits per heavy atom. The molecule has 0 N–H and O–H groups in total. The number of rotatable bonds is 5. The summed E-state index contributed by atoms with van der Waals surface area (Å²) >= 11 is 0. The zero-order valence-electron chi connectivity index (χ0n) is 13.5. The molecule has 0 aliphatic heterocycles. The van der Waals surface area contributed by atoms with Crippen molar-refractivity contribution in [1.82, 2.24) is 0 Å². The Labute approximate surface area is 132 Å². The molecule has 3 nitrogen and oxygen atoms in total. The molecule has 1 unspecified atom stereocenters. The van der Waals surface area contributed by atoms with E-state index in [1.54, 1.807) is 0 Å². The number of hydrogen-bond donors (Lipinski definition) is 0. The lowest BCUT2D eigenvalue weighted by atomic mass is 10.0. The van der Waals surface area contributed by atoms with Crippen LogP contribution in [0, 0.1) is 5.92 Å². The number of ether oxygens (including phenoxy) is 1. The van der Waals surface area contributed by atoms with Gasteiger partial charge in [-0.2, -0.15) is 0 Å². The maximum absolute atomic E-state index is 12.2. The molecule has 0 aromatic heterocycles. The van der Waals surface area contributed by atoms with Gasteiger partial charge in [-0.25, -0.2) is 4.79 Å². The fourth-order valence-electron chi connectivity index (χ4n) is 2.37. The maximum atomic E-state index is 12.2. The van der Waals surface area contributed by atoms with Gasteiger partial charge in [0.1, 0.15) is 0 Å². The lowest BCUT2D eigenvalue weighted by Gasteiger charge is -2.13. The van der Waals surface area contributed by atoms with Crippen molar-refractivity contribution in [3.8, 4) is 0 Å². The van der Waals surface area contributed by atoms with E-state index in [0.29, 0.717) is 5.71 Å². The summed E-state index contributed by atoms with van der Waals surface area (Å²) in [6.45, 7) is 0. The van der Waals surface area contributed by atoms with Crippen molar-refractivity contribution in [2.45, 2.75) is 18.9 Å². The molecule has 0 bridgehead atoms. The minimum absolute atomic E-state index is 0.0719. The Bertz CT molecular complexity index is 669. The average Bonchev–Trinajstić information content (AvgIpc) is 3.46. The van der Waals surface area contributed by atoms with Crippen LogP contribution in [0.25, 0.3) is 0 Å². The Kier molecular flexibility index (Phi) is 3.95. The number of carbonyl (C=O) groups is 1. The van der Waals surface area contributed by atoms with Crippen molar-refractivity contribution >= 4 is 11.7 Å². The average molecular weight is 294 g/mol. The van der Waals surface area contributed by atoms with Gasteiger partial charge in [-0.1, -0.05) is 60.7 Å². The first-order valence-electron chi connectivity index (χ1n) is 7.94. The van der Waals surface area contributed by atoms with Gasteiger partial charge in [0.15, 0.2) is 6.02 Å². The Morgan fingerprint density at radius 3 is 2.00 bits per heavy atom. The smallest absolute Gasteiger partial charge is 0.330 e. The Balaban J connectivity index is 2.13. The highest BCUT2D eigenvalue weighted by Crippen LogP contribution is 2.35. The lowest BCUT2D eigenvalue weighted by molar-refractivity contribution is -0.142. The van der Waals surface area contributed by atoms with Crippen LogP contribution in [0.2, 0.25) is 0 Å². The number of methoxy groups -OCH3 is 1. The summed E-state index contributed by atoms with van der Waals surface area (Å²) in [5.74, 6) is -0.665. The van der Waals surface area contributed by atoms with Crippen LogP contribution >= 0.6 is 0 Å². The van der Waals surface area contributed by atoms with Crippen LogP contribution in [0.1, 0.15) is 25.3 Å². The van der Waals surface area contributed by atoms with Gasteiger partial charge in [0.25, 0.3) is 0 Å². The minimum Gasteiger partial charge on any atom is -0.467 e. The van der Waals surface area contributed by atoms with Crippen molar-refractivity contribution in [2.24, 2.45) is 10.9 Å². The van der Waals surface area contributed by atoms with E-state index in [1.807, 2.05) is 60.7 Å². The van der Waals surface area contributed by atoms with E-state index in [9.17, 15) is 4.79 Å². The molecule has 1 saturated carbocycles. The van der Waals surface area contributed by atoms with E-state index in [2.05, 4.69) is 4.99 Å². The van der Waals surface area contributed by atoms with Crippen molar-refractivity contribution in [1.29, 1.82) is 0 Å². The van der Waals surface area contributed by atoms with E-state index < -0.39 is 12.0 Å². The van der Waals surface area contributed by atoms with E-state index in [0.717, 1.165) is 24.0 Å². The molecule has 2 aromatic carbocycles. The normalized spacial score (nSPS) is 17.0. The molecule has 0 amide bonds. The highest BCUT2D eigenvalue weighted by atomic mass is 16.5. The third kappa shape index (κ3) is 3.25. The third-order valence-electron chi connectivity index (χ3n) is 3.69. The van der Waals surface area contributed by atoms with E-state index in [-0.39, 0.29) is 5.92 Å². The highest BCUT2D eigenvalue weighted by Gasteiger charge is 2.37. The molecule has 0 heterocycles. The van der Waals surface area contributed by atoms with Gasteiger partial charge in [-0.15, -0.1) is 0 Å². The van der Waals surface area contributed by atoms with Crippen LogP contribution in [0.15, 0.2) is 65.7 Å². The fourth-order valence-corrected chi connectivity index (χ4v) is 2.37. The zero-order valence-corrected chi connectivity index (χ0v) is 12.5. The Hall–Kier alpha value is -2.42. The van der Waals surface area contributed by atoms with Crippen LogP contribution in [0.4, 0.5) is 0 Å². The molecule has 1 aliphatic carbocycles. The molecule has 0 saturated heterocycles. The molecule has 22 heavy (non-hydrogen) atoms. The number of hydrogen-bond acceptors (Lipinski definition) is 3. The van der Waals surface area contributed by atoms with Gasteiger partial charge in [-0.3, -0.25) is 4.99 Å². The predicted molar refractivity (Wildman–Crippen MR) is 87.1 cm³/mol. The first kappa shape index (κ1) is 13.3.